The average molecular weight is 267 g/mol. The molecule has 0 aliphatic heterocycles. The van der Waals surface area contributed by atoms with Crippen molar-refractivity contribution in [1.29, 1.82) is 0 Å². The molecular weight excluding hydrogens is 250 g/mol. The number of hydrogen-bond acceptors (Lipinski definition) is 4. The summed E-state index contributed by atoms with van der Waals surface area (Å²) in [6, 6.07) is 8.01. The van der Waals surface area contributed by atoms with Gasteiger partial charge < -0.3 is 26.7 Å². The minimum Gasteiger partial charge on any atom is -0.483 e. The molecule has 104 valence electrons. The number of nitrogens with two attached hydrogens (primary N) is 2. The molecule has 7 N–H and O–H groups in total. The van der Waals surface area contributed by atoms with E-state index < -0.39 is 0 Å². The van der Waals surface area contributed by atoms with Crippen molar-refractivity contribution in [3.8, 4) is 0 Å². The maximum Gasteiger partial charge on any atom is 0.290 e. The molecular formula is C12H17N3O4. The number of carbonyl (C=O) groups is 2. The summed E-state index contributed by atoms with van der Waals surface area (Å²) in [4.78, 5) is 19.9. The lowest BCUT2D eigenvalue weighted by Gasteiger charge is -2.06. The van der Waals surface area contributed by atoms with E-state index in [-0.39, 0.29) is 19.0 Å². The Kier molecular flexibility index (Phi) is 8.42. The number of para-hydroxylation sites is 1. The SMILES string of the molecule is NCC(N)c1c[nH]c2ccccc12.O=CO.O=CO. The van der Waals surface area contributed by atoms with Gasteiger partial charge in [-0.2, -0.15) is 0 Å². The van der Waals surface area contributed by atoms with Gasteiger partial charge in [-0.25, -0.2) is 0 Å². The molecule has 0 fully saturated rings. The molecule has 0 saturated carbocycles. The first kappa shape index (κ1) is 16.6. The van der Waals surface area contributed by atoms with E-state index in [4.69, 9.17) is 31.3 Å². The van der Waals surface area contributed by atoms with Gasteiger partial charge in [-0.3, -0.25) is 9.59 Å². The molecule has 1 aromatic heterocycles. The zero-order chi connectivity index (χ0) is 14.7. The number of carboxylic acid groups (broad SMARTS) is 2. The number of aromatic amines is 1. The summed E-state index contributed by atoms with van der Waals surface area (Å²) in [5.74, 6) is 0. The largest absolute Gasteiger partial charge is 0.483 e. The molecule has 7 heteroatoms. The molecule has 0 spiro atoms. The van der Waals surface area contributed by atoms with E-state index >= 15 is 0 Å². The summed E-state index contributed by atoms with van der Waals surface area (Å²) >= 11 is 0. The third-order valence-electron chi connectivity index (χ3n) is 2.27. The summed E-state index contributed by atoms with van der Waals surface area (Å²) in [5, 5.41) is 14.9. The standard InChI is InChI=1S/C10H13N3.2CH2O2/c11-5-9(12)8-6-13-10-4-2-1-3-7(8)10;2*2-1-3/h1-4,6,9,13H,5,11-12H2;2*1H,(H,2,3). The fourth-order valence-electron chi connectivity index (χ4n) is 1.53. The molecule has 0 saturated heterocycles. The highest BCUT2D eigenvalue weighted by atomic mass is 16.3. The molecule has 2 rings (SSSR count). The number of nitrogens with one attached hydrogen (secondary N) is 1. The van der Waals surface area contributed by atoms with E-state index in [1.807, 2.05) is 24.4 Å². The van der Waals surface area contributed by atoms with Gasteiger partial charge in [0.1, 0.15) is 0 Å². The monoisotopic (exact) mass is 267 g/mol. The number of H-pyrrole nitrogens is 1. The van der Waals surface area contributed by atoms with Crippen LogP contribution in [0.25, 0.3) is 10.9 Å². The molecule has 1 atom stereocenters. The fraction of sp³-hybridized carbons (Fsp3) is 0.167. The van der Waals surface area contributed by atoms with Crippen molar-refractivity contribution in [2.24, 2.45) is 11.5 Å². The van der Waals surface area contributed by atoms with Crippen LogP contribution in [-0.2, 0) is 9.59 Å². The maximum absolute atomic E-state index is 8.36. The Bertz CT molecular complexity index is 492. The van der Waals surface area contributed by atoms with Gasteiger partial charge in [0.25, 0.3) is 12.9 Å². The van der Waals surface area contributed by atoms with E-state index in [1.54, 1.807) is 0 Å². The van der Waals surface area contributed by atoms with E-state index in [0.29, 0.717) is 6.54 Å². The van der Waals surface area contributed by atoms with Crippen molar-refractivity contribution in [3.05, 3.63) is 36.0 Å². The third kappa shape index (κ3) is 5.19. The third-order valence-corrected chi connectivity index (χ3v) is 2.27. The van der Waals surface area contributed by atoms with Gasteiger partial charge in [0.15, 0.2) is 0 Å². The summed E-state index contributed by atoms with van der Waals surface area (Å²) in [5.41, 5.74) is 13.6. The molecule has 1 heterocycles. The van der Waals surface area contributed by atoms with Crippen LogP contribution in [0, 0.1) is 0 Å². The van der Waals surface area contributed by atoms with Gasteiger partial charge in [0.05, 0.1) is 0 Å². The number of rotatable bonds is 2. The molecule has 1 aromatic carbocycles. The van der Waals surface area contributed by atoms with E-state index in [1.165, 1.54) is 5.39 Å². The van der Waals surface area contributed by atoms with Crippen molar-refractivity contribution >= 4 is 23.8 Å². The van der Waals surface area contributed by atoms with Crippen LogP contribution < -0.4 is 11.5 Å². The van der Waals surface area contributed by atoms with E-state index in [0.717, 1.165) is 11.1 Å². The summed E-state index contributed by atoms with van der Waals surface area (Å²) in [6.45, 7) is -0.0259. The highest BCUT2D eigenvalue weighted by molar-refractivity contribution is 5.83. The first-order valence-corrected chi connectivity index (χ1v) is 5.33. The van der Waals surface area contributed by atoms with Crippen LogP contribution in [0.5, 0.6) is 0 Å². The second kappa shape index (κ2) is 9.63. The van der Waals surface area contributed by atoms with Gasteiger partial charge in [0, 0.05) is 29.7 Å². The minimum atomic E-state index is -0.250. The number of aromatic nitrogens is 1. The summed E-state index contributed by atoms with van der Waals surface area (Å²) in [6.07, 6.45) is 1.93. The normalized spacial score (nSPS) is 10.4. The highest BCUT2D eigenvalue weighted by Gasteiger charge is 2.08. The number of hydrogen-bond donors (Lipinski definition) is 5. The number of benzene rings is 1. The Morgan fingerprint density at radius 3 is 2.26 bits per heavy atom. The van der Waals surface area contributed by atoms with Gasteiger partial charge in [0.2, 0.25) is 0 Å². The fourth-order valence-corrected chi connectivity index (χ4v) is 1.53. The Morgan fingerprint density at radius 1 is 1.21 bits per heavy atom. The topological polar surface area (TPSA) is 142 Å². The second-order valence-corrected chi connectivity index (χ2v) is 3.34. The van der Waals surface area contributed by atoms with Crippen molar-refractivity contribution in [2.45, 2.75) is 6.04 Å². The first-order valence-electron chi connectivity index (χ1n) is 5.33. The average Bonchev–Trinajstić information content (AvgIpc) is 2.83. The molecule has 0 aliphatic rings. The van der Waals surface area contributed by atoms with Crippen LogP contribution in [-0.4, -0.2) is 34.7 Å². The van der Waals surface area contributed by atoms with Crippen molar-refractivity contribution in [1.82, 2.24) is 4.98 Å². The Morgan fingerprint density at radius 2 is 1.74 bits per heavy atom. The Hall–Kier alpha value is -2.38. The van der Waals surface area contributed by atoms with Gasteiger partial charge >= 0.3 is 0 Å². The lowest BCUT2D eigenvalue weighted by Crippen LogP contribution is -2.20. The zero-order valence-corrected chi connectivity index (χ0v) is 10.2. The van der Waals surface area contributed by atoms with Gasteiger partial charge in [-0.05, 0) is 11.6 Å². The summed E-state index contributed by atoms with van der Waals surface area (Å²) < 4.78 is 0. The molecule has 2 aromatic rings. The van der Waals surface area contributed by atoms with Gasteiger partial charge in [-0.15, -0.1) is 0 Å². The van der Waals surface area contributed by atoms with Crippen LogP contribution in [0.2, 0.25) is 0 Å². The molecule has 0 bridgehead atoms. The van der Waals surface area contributed by atoms with Crippen molar-refractivity contribution in [2.75, 3.05) is 6.54 Å². The second-order valence-electron chi connectivity index (χ2n) is 3.34. The highest BCUT2D eigenvalue weighted by Crippen LogP contribution is 2.21. The lowest BCUT2D eigenvalue weighted by atomic mass is 10.1. The Labute approximate surface area is 109 Å². The first-order chi connectivity index (χ1) is 9.15. The van der Waals surface area contributed by atoms with Crippen LogP contribution >= 0.6 is 0 Å². The molecule has 0 radical (unpaired) electrons. The minimum absolute atomic E-state index is 0.0730. The number of fused-ring (bicyclic) bond motifs is 1. The molecule has 1 unspecified atom stereocenters. The predicted octanol–water partition coefficient (Wildman–Crippen LogP) is 0.528. The molecule has 7 nitrogen and oxygen atoms in total. The van der Waals surface area contributed by atoms with Crippen LogP contribution in [0.15, 0.2) is 30.5 Å². The molecule has 19 heavy (non-hydrogen) atoms. The van der Waals surface area contributed by atoms with Crippen molar-refractivity contribution < 1.29 is 19.8 Å². The maximum atomic E-state index is 8.36. The summed E-state index contributed by atoms with van der Waals surface area (Å²) in [7, 11) is 0. The van der Waals surface area contributed by atoms with Crippen LogP contribution in [0.3, 0.4) is 0 Å². The van der Waals surface area contributed by atoms with E-state index in [9.17, 15) is 0 Å². The van der Waals surface area contributed by atoms with Crippen LogP contribution in [0.4, 0.5) is 0 Å². The van der Waals surface area contributed by atoms with Gasteiger partial charge in [-0.1, -0.05) is 18.2 Å². The predicted molar refractivity (Wildman–Crippen MR) is 71.7 cm³/mol. The zero-order valence-electron chi connectivity index (χ0n) is 10.2. The van der Waals surface area contributed by atoms with Crippen LogP contribution in [0.1, 0.15) is 11.6 Å². The van der Waals surface area contributed by atoms with E-state index in [2.05, 4.69) is 11.1 Å². The smallest absolute Gasteiger partial charge is 0.290 e. The quantitative estimate of drug-likeness (QED) is 0.502. The lowest BCUT2D eigenvalue weighted by molar-refractivity contribution is -0.123. The van der Waals surface area contributed by atoms with Crippen molar-refractivity contribution in [3.63, 3.8) is 0 Å². The Balaban J connectivity index is 0.000000465. The molecule has 0 amide bonds. The molecule has 0 aliphatic carbocycles.